The maximum Gasteiger partial charge on any atom is 0.317 e. The molecule has 3 N–H and O–H groups in total. The zero-order valence-corrected chi connectivity index (χ0v) is 15.8. The van der Waals surface area contributed by atoms with Crippen molar-refractivity contribution in [3.63, 3.8) is 0 Å². The number of H-pyrrole nitrogens is 1. The van der Waals surface area contributed by atoms with E-state index in [0.29, 0.717) is 25.6 Å². The molecule has 0 aromatic carbocycles. The molecule has 5 rings (SSSR count). The van der Waals surface area contributed by atoms with Gasteiger partial charge in [0, 0.05) is 37.4 Å². The minimum Gasteiger partial charge on any atom is -0.358 e. The van der Waals surface area contributed by atoms with Crippen molar-refractivity contribution < 1.29 is 14.3 Å². The number of piperidine rings is 1. The Morgan fingerprint density at radius 1 is 1.11 bits per heavy atom. The largest absolute Gasteiger partial charge is 0.358 e. The molecule has 8 nitrogen and oxygen atoms in total. The number of pyridine rings is 1. The molecule has 4 heterocycles. The molecule has 3 aliphatic heterocycles. The van der Waals surface area contributed by atoms with Crippen molar-refractivity contribution in [2.24, 2.45) is 11.8 Å². The number of rotatable bonds is 2. The van der Waals surface area contributed by atoms with Crippen molar-refractivity contribution in [3.8, 4) is 0 Å². The Bertz CT molecular complexity index is 858. The smallest absolute Gasteiger partial charge is 0.317 e. The molecule has 0 spiro atoms. The van der Waals surface area contributed by atoms with E-state index in [4.69, 9.17) is 4.74 Å². The third kappa shape index (κ3) is 2.99. The number of hydrogen-bond acceptors (Lipinski definition) is 4. The lowest BCUT2D eigenvalue weighted by Crippen LogP contribution is -2.62. The molecule has 0 bridgehead atoms. The van der Waals surface area contributed by atoms with Crippen LogP contribution >= 0.6 is 0 Å². The van der Waals surface area contributed by atoms with Gasteiger partial charge in [0.2, 0.25) is 0 Å². The molecule has 28 heavy (non-hydrogen) atoms. The van der Waals surface area contributed by atoms with Crippen LogP contribution in [0.15, 0.2) is 10.9 Å². The van der Waals surface area contributed by atoms with Crippen LogP contribution in [0.4, 0.5) is 4.79 Å². The molecular weight excluding hydrogens is 360 g/mol. The Morgan fingerprint density at radius 2 is 1.93 bits per heavy atom. The number of likely N-dealkylation sites (tertiary alicyclic amines) is 1. The Kier molecular flexibility index (Phi) is 4.38. The molecule has 0 saturated carbocycles. The molecular formula is C20H26N4O4. The van der Waals surface area contributed by atoms with E-state index in [1.807, 2.05) is 0 Å². The zero-order valence-electron chi connectivity index (χ0n) is 15.8. The average Bonchev–Trinajstić information content (AvgIpc) is 3.35. The Labute approximate surface area is 163 Å². The predicted octanol–water partition coefficient (Wildman–Crippen LogP) is 0.760. The summed E-state index contributed by atoms with van der Waals surface area (Å²) in [7, 11) is 0. The number of aryl methyl sites for hydroxylation is 2. The van der Waals surface area contributed by atoms with Gasteiger partial charge in [0.05, 0.1) is 0 Å². The molecule has 1 aromatic heterocycles. The summed E-state index contributed by atoms with van der Waals surface area (Å²) in [6.07, 6.45) is 5.23. The monoisotopic (exact) mass is 386 g/mol. The van der Waals surface area contributed by atoms with Gasteiger partial charge in [-0.1, -0.05) is 0 Å². The summed E-state index contributed by atoms with van der Waals surface area (Å²) < 4.78 is 5.64. The van der Waals surface area contributed by atoms with Gasteiger partial charge in [-0.15, -0.1) is 0 Å². The molecule has 3 amide bonds. The van der Waals surface area contributed by atoms with Crippen molar-refractivity contribution in [2.45, 2.75) is 50.8 Å². The van der Waals surface area contributed by atoms with E-state index < -0.39 is 0 Å². The lowest BCUT2D eigenvalue weighted by atomic mass is 9.79. The first-order valence-electron chi connectivity index (χ1n) is 10.3. The average molecular weight is 386 g/mol. The van der Waals surface area contributed by atoms with Crippen molar-refractivity contribution in [2.75, 3.05) is 19.7 Å². The van der Waals surface area contributed by atoms with Crippen LogP contribution in [-0.4, -0.2) is 53.8 Å². The molecule has 1 aromatic rings. The van der Waals surface area contributed by atoms with E-state index in [9.17, 15) is 14.4 Å². The molecule has 150 valence electrons. The van der Waals surface area contributed by atoms with E-state index in [2.05, 4.69) is 15.6 Å². The van der Waals surface area contributed by atoms with Gasteiger partial charge in [0.15, 0.2) is 0 Å². The van der Waals surface area contributed by atoms with Crippen LogP contribution in [0.2, 0.25) is 0 Å². The first kappa shape index (κ1) is 17.7. The Balaban J connectivity index is 1.27. The van der Waals surface area contributed by atoms with Crippen LogP contribution in [0.1, 0.15) is 47.3 Å². The van der Waals surface area contributed by atoms with Crippen molar-refractivity contribution in [1.82, 2.24) is 20.5 Å². The van der Waals surface area contributed by atoms with Gasteiger partial charge in [-0.3, -0.25) is 9.59 Å². The van der Waals surface area contributed by atoms with Gasteiger partial charge < -0.3 is 25.3 Å². The summed E-state index contributed by atoms with van der Waals surface area (Å²) in [5.41, 5.74) is 2.07. The molecule has 4 aliphatic rings. The molecule has 0 unspecified atom stereocenters. The second-order valence-corrected chi connectivity index (χ2v) is 8.39. The number of carbonyl (C=O) groups excluding carboxylic acids is 2. The van der Waals surface area contributed by atoms with Gasteiger partial charge in [-0.05, 0) is 56.1 Å². The van der Waals surface area contributed by atoms with E-state index in [0.717, 1.165) is 49.8 Å². The standard InChI is InChI=1S/C20H26N4O4/c25-17-14(10-12-2-1-3-15(12)21-17)19(26)24-7-4-11(5-8-24)16-13-6-9-28-18(13)23-20(27)22-16/h10-11,13,16,18H,1-9H2,(H,21,25)(H2,22,23,27)/t13-,16-,18-/m0/s1. The fourth-order valence-corrected chi connectivity index (χ4v) is 5.32. The number of aromatic nitrogens is 1. The number of aromatic amines is 1. The van der Waals surface area contributed by atoms with Gasteiger partial charge in [-0.25, -0.2) is 4.79 Å². The number of urea groups is 1. The van der Waals surface area contributed by atoms with Crippen LogP contribution in [0.25, 0.3) is 0 Å². The summed E-state index contributed by atoms with van der Waals surface area (Å²) >= 11 is 0. The first-order valence-corrected chi connectivity index (χ1v) is 10.3. The summed E-state index contributed by atoms with van der Waals surface area (Å²) in [5, 5.41) is 5.93. The zero-order chi connectivity index (χ0) is 19.3. The maximum absolute atomic E-state index is 12.9. The highest BCUT2D eigenvalue weighted by Crippen LogP contribution is 2.33. The topological polar surface area (TPSA) is 104 Å². The van der Waals surface area contributed by atoms with Gasteiger partial charge in [0.25, 0.3) is 11.5 Å². The van der Waals surface area contributed by atoms with Crippen LogP contribution in [0.5, 0.6) is 0 Å². The lowest BCUT2D eigenvalue weighted by Gasteiger charge is -2.42. The van der Waals surface area contributed by atoms with E-state index >= 15 is 0 Å². The number of hydrogen-bond donors (Lipinski definition) is 3. The molecule has 8 heteroatoms. The van der Waals surface area contributed by atoms with Crippen LogP contribution in [0.3, 0.4) is 0 Å². The van der Waals surface area contributed by atoms with Crippen molar-refractivity contribution in [3.05, 3.63) is 33.2 Å². The molecule has 3 saturated heterocycles. The minimum atomic E-state index is -0.274. The van der Waals surface area contributed by atoms with Crippen LogP contribution in [0, 0.1) is 11.8 Å². The van der Waals surface area contributed by atoms with Gasteiger partial charge >= 0.3 is 6.03 Å². The SMILES string of the molecule is O=C1N[C@H]2OCC[C@H]2[C@H](C2CCN(C(=O)c3cc4c([nH]c3=O)CCC4)CC2)N1. The quantitative estimate of drug-likeness (QED) is 0.698. The molecule has 1 aliphatic carbocycles. The third-order valence-corrected chi connectivity index (χ3v) is 6.82. The second kappa shape index (κ2) is 6.92. The number of carbonyl (C=O) groups is 2. The first-order chi connectivity index (χ1) is 13.6. The Morgan fingerprint density at radius 3 is 2.75 bits per heavy atom. The lowest BCUT2D eigenvalue weighted by molar-refractivity contribution is 0.0299. The molecule has 3 atom stereocenters. The van der Waals surface area contributed by atoms with E-state index in [-0.39, 0.29) is 41.2 Å². The number of amides is 3. The number of ether oxygens (including phenoxy) is 1. The second-order valence-electron chi connectivity index (χ2n) is 8.39. The van der Waals surface area contributed by atoms with Crippen molar-refractivity contribution >= 4 is 11.9 Å². The Hall–Kier alpha value is -2.35. The summed E-state index contributed by atoms with van der Waals surface area (Å²) in [5.74, 6) is 0.429. The summed E-state index contributed by atoms with van der Waals surface area (Å²) in [6.45, 7) is 1.89. The maximum atomic E-state index is 12.9. The van der Waals surface area contributed by atoms with Gasteiger partial charge in [-0.2, -0.15) is 0 Å². The fourth-order valence-electron chi connectivity index (χ4n) is 5.32. The van der Waals surface area contributed by atoms with Gasteiger partial charge in [0.1, 0.15) is 11.8 Å². The summed E-state index contributed by atoms with van der Waals surface area (Å²) in [4.78, 5) is 41.9. The van der Waals surface area contributed by atoms with E-state index in [1.54, 1.807) is 11.0 Å². The number of nitrogens with one attached hydrogen (secondary N) is 3. The van der Waals surface area contributed by atoms with Crippen molar-refractivity contribution in [1.29, 1.82) is 0 Å². The normalized spacial score (nSPS) is 29.8. The minimum absolute atomic E-state index is 0.0851. The third-order valence-electron chi connectivity index (χ3n) is 6.82. The molecule has 0 radical (unpaired) electrons. The predicted molar refractivity (Wildman–Crippen MR) is 101 cm³/mol. The molecule has 3 fully saturated rings. The highest BCUT2D eigenvalue weighted by atomic mass is 16.5. The van der Waals surface area contributed by atoms with Crippen LogP contribution in [-0.2, 0) is 17.6 Å². The highest BCUT2D eigenvalue weighted by Gasteiger charge is 2.44. The number of fused-ring (bicyclic) bond motifs is 2. The highest BCUT2D eigenvalue weighted by molar-refractivity contribution is 5.94. The fraction of sp³-hybridized carbons (Fsp3) is 0.650. The number of nitrogens with zero attached hydrogens (tertiary/aromatic N) is 1. The summed E-state index contributed by atoms with van der Waals surface area (Å²) in [6, 6.07) is 1.71. The van der Waals surface area contributed by atoms with Crippen LogP contribution < -0.4 is 16.2 Å². The van der Waals surface area contributed by atoms with E-state index in [1.165, 1.54) is 0 Å².